The van der Waals surface area contributed by atoms with Gasteiger partial charge in [-0.05, 0) is 87.6 Å². The molecular formula is C22H33ClN2O3. The Balaban J connectivity index is 0.00000280. The Kier molecular flexibility index (Phi) is 8.77. The second kappa shape index (κ2) is 10.8. The number of carbonyl (C=O) groups is 2. The van der Waals surface area contributed by atoms with Crippen LogP contribution in [0.5, 0.6) is 0 Å². The molecular weight excluding hydrogens is 376 g/mol. The lowest BCUT2D eigenvalue weighted by molar-refractivity contribution is -0.137. The molecule has 0 spiro atoms. The minimum atomic E-state index is -0.711. The van der Waals surface area contributed by atoms with Crippen molar-refractivity contribution < 1.29 is 14.7 Å². The van der Waals surface area contributed by atoms with Crippen molar-refractivity contribution in [1.29, 1.82) is 0 Å². The zero-order valence-corrected chi connectivity index (χ0v) is 17.5. The van der Waals surface area contributed by atoms with Crippen molar-refractivity contribution in [2.75, 3.05) is 20.1 Å². The fraction of sp³-hybridized carbons (Fsp3) is 0.636. The van der Waals surface area contributed by atoms with E-state index in [9.17, 15) is 9.59 Å². The summed E-state index contributed by atoms with van der Waals surface area (Å²) < 4.78 is 0. The third-order valence-corrected chi connectivity index (χ3v) is 6.42. The minimum Gasteiger partial charge on any atom is -0.481 e. The molecule has 2 N–H and O–H groups in total. The number of piperidine rings is 1. The van der Waals surface area contributed by atoms with Gasteiger partial charge in [-0.15, -0.1) is 12.4 Å². The fourth-order valence-corrected chi connectivity index (χ4v) is 4.57. The van der Waals surface area contributed by atoms with Gasteiger partial charge in [0.15, 0.2) is 0 Å². The highest BCUT2D eigenvalue weighted by molar-refractivity contribution is 5.94. The first-order valence-electron chi connectivity index (χ1n) is 10.3. The Labute approximate surface area is 174 Å². The summed E-state index contributed by atoms with van der Waals surface area (Å²) in [6.45, 7) is 2.15. The molecule has 0 radical (unpaired) electrons. The first-order valence-corrected chi connectivity index (χ1v) is 10.3. The van der Waals surface area contributed by atoms with Crippen molar-refractivity contribution >= 4 is 24.3 Å². The monoisotopic (exact) mass is 408 g/mol. The number of aliphatic carboxylic acids is 1. The van der Waals surface area contributed by atoms with Crippen LogP contribution in [0.2, 0.25) is 0 Å². The van der Waals surface area contributed by atoms with Crippen LogP contribution in [0.15, 0.2) is 24.3 Å². The molecule has 5 nitrogen and oxygen atoms in total. The second-order valence-electron chi connectivity index (χ2n) is 8.17. The Bertz CT molecular complexity index is 636. The molecule has 156 valence electrons. The summed E-state index contributed by atoms with van der Waals surface area (Å²) in [5.41, 5.74) is 2.11. The minimum absolute atomic E-state index is 0. The van der Waals surface area contributed by atoms with Crippen LogP contribution in [0.3, 0.4) is 0 Å². The molecule has 1 saturated carbocycles. The normalized spacial score (nSPS) is 22.9. The quantitative estimate of drug-likeness (QED) is 0.744. The summed E-state index contributed by atoms with van der Waals surface area (Å²) in [5.74, 6) is 0.484. The molecule has 0 atom stereocenters. The zero-order valence-electron chi connectivity index (χ0n) is 16.7. The van der Waals surface area contributed by atoms with Gasteiger partial charge in [0.25, 0.3) is 5.91 Å². The van der Waals surface area contributed by atoms with E-state index in [0.717, 1.165) is 63.6 Å². The number of halogens is 1. The molecule has 28 heavy (non-hydrogen) atoms. The molecule has 3 rings (SSSR count). The van der Waals surface area contributed by atoms with Gasteiger partial charge in [0.05, 0.1) is 0 Å². The summed E-state index contributed by atoms with van der Waals surface area (Å²) >= 11 is 0. The maximum atomic E-state index is 12.9. The fourth-order valence-electron chi connectivity index (χ4n) is 4.57. The van der Waals surface area contributed by atoms with Gasteiger partial charge in [-0.3, -0.25) is 9.59 Å². The molecule has 1 amide bonds. The number of hydrogen-bond acceptors (Lipinski definition) is 3. The number of nitrogens with zero attached hydrogens (tertiary/aromatic N) is 1. The standard InChI is InChI=1S/C22H32N2O3.ClH/c1-24(20-9-2-16(3-10-20)4-11-21(25)26)22(27)19-7-5-17(6-8-19)18-12-14-23-15-13-18;/h5-8,16,18,20,23H,2-4,9-15H2,1H3,(H,25,26);1H. The summed E-state index contributed by atoms with van der Waals surface area (Å²) in [6, 6.07) is 8.48. The third kappa shape index (κ3) is 5.95. The summed E-state index contributed by atoms with van der Waals surface area (Å²) in [5, 5.41) is 12.2. The van der Waals surface area contributed by atoms with Gasteiger partial charge in [-0.2, -0.15) is 0 Å². The number of carbonyl (C=O) groups excluding carboxylic acids is 1. The number of rotatable bonds is 6. The van der Waals surface area contributed by atoms with Gasteiger partial charge in [0.1, 0.15) is 0 Å². The smallest absolute Gasteiger partial charge is 0.303 e. The molecule has 1 aromatic carbocycles. The first-order chi connectivity index (χ1) is 13.0. The molecule has 2 fully saturated rings. The van der Waals surface area contributed by atoms with Gasteiger partial charge in [-0.25, -0.2) is 0 Å². The maximum Gasteiger partial charge on any atom is 0.303 e. The average molecular weight is 409 g/mol. The molecule has 0 aromatic heterocycles. The van der Waals surface area contributed by atoms with Crippen LogP contribution in [0.25, 0.3) is 0 Å². The Morgan fingerprint density at radius 1 is 1.04 bits per heavy atom. The molecule has 2 aliphatic rings. The number of carboxylic acids is 1. The van der Waals surface area contributed by atoms with Gasteiger partial charge in [0.2, 0.25) is 0 Å². The first kappa shape index (κ1) is 22.7. The van der Waals surface area contributed by atoms with Crippen LogP contribution in [0.1, 0.15) is 73.2 Å². The van der Waals surface area contributed by atoms with Crippen molar-refractivity contribution in [2.45, 2.75) is 63.3 Å². The molecule has 6 heteroatoms. The highest BCUT2D eigenvalue weighted by Gasteiger charge is 2.27. The van der Waals surface area contributed by atoms with Crippen molar-refractivity contribution in [3.63, 3.8) is 0 Å². The van der Waals surface area contributed by atoms with E-state index in [4.69, 9.17) is 5.11 Å². The van der Waals surface area contributed by atoms with E-state index in [-0.39, 0.29) is 30.8 Å². The van der Waals surface area contributed by atoms with Gasteiger partial charge in [0, 0.05) is 25.1 Å². The van der Waals surface area contributed by atoms with E-state index in [1.807, 2.05) is 24.1 Å². The third-order valence-electron chi connectivity index (χ3n) is 6.42. The van der Waals surface area contributed by atoms with E-state index in [1.54, 1.807) is 0 Å². The highest BCUT2D eigenvalue weighted by Crippen LogP contribution is 2.31. The Hall–Kier alpha value is -1.59. The van der Waals surface area contributed by atoms with Gasteiger partial charge in [-0.1, -0.05) is 12.1 Å². The molecule has 1 saturated heterocycles. The zero-order chi connectivity index (χ0) is 19.2. The molecule has 1 aliphatic heterocycles. The van der Waals surface area contributed by atoms with E-state index >= 15 is 0 Å². The van der Waals surface area contributed by atoms with Crippen LogP contribution in [-0.4, -0.2) is 48.1 Å². The lowest BCUT2D eigenvalue weighted by Gasteiger charge is -2.34. The predicted molar refractivity (Wildman–Crippen MR) is 113 cm³/mol. The van der Waals surface area contributed by atoms with Crippen LogP contribution < -0.4 is 5.32 Å². The van der Waals surface area contributed by atoms with E-state index in [2.05, 4.69) is 17.4 Å². The topological polar surface area (TPSA) is 69.6 Å². The van der Waals surface area contributed by atoms with Crippen molar-refractivity contribution in [3.05, 3.63) is 35.4 Å². The Morgan fingerprint density at radius 2 is 1.64 bits per heavy atom. The van der Waals surface area contributed by atoms with Crippen LogP contribution >= 0.6 is 12.4 Å². The van der Waals surface area contributed by atoms with E-state index in [1.165, 1.54) is 5.56 Å². The number of carboxylic acid groups (broad SMARTS) is 1. The SMILES string of the molecule is CN(C(=O)c1ccc(C2CCNCC2)cc1)C1CCC(CCC(=O)O)CC1.Cl. The van der Waals surface area contributed by atoms with Crippen molar-refractivity contribution in [3.8, 4) is 0 Å². The van der Waals surface area contributed by atoms with Crippen LogP contribution in [-0.2, 0) is 4.79 Å². The second-order valence-corrected chi connectivity index (χ2v) is 8.17. The number of nitrogens with one attached hydrogen (secondary N) is 1. The van der Waals surface area contributed by atoms with E-state index in [0.29, 0.717) is 11.8 Å². The summed E-state index contributed by atoms with van der Waals surface area (Å²) in [6.07, 6.45) is 7.33. The van der Waals surface area contributed by atoms with Gasteiger partial charge >= 0.3 is 5.97 Å². The number of hydrogen-bond donors (Lipinski definition) is 2. The van der Waals surface area contributed by atoms with Gasteiger partial charge < -0.3 is 15.3 Å². The van der Waals surface area contributed by atoms with E-state index < -0.39 is 5.97 Å². The molecule has 1 aromatic rings. The molecule has 0 bridgehead atoms. The number of benzene rings is 1. The average Bonchev–Trinajstić information content (AvgIpc) is 2.72. The maximum absolute atomic E-state index is 12.9. The Morgan fingerprint density at radius 3 is 2.21 bits per heavy atom. The lowest BCUT2D eigenvalue weighted by atomic mass is 9.83. The summed E-state index contributed by atoms with van der Waals surface area (Å²) in [4.78, 5) is 25.5. The lowest BCUT2D eigenvalue weighted by Crippen LogP contribution is -2.39. The van der Waals surface area contributed by atoms with Crippen molar-refractivity contribution in [2.24, 2.45) is 5.92 Å². The molecule has 1 aliphatic carbocycles. The summed E-state index contributed by atoms with van der Waals surface area (Å²) in [7, 11) is 1.91. The van der Waals surface area contributed by atoms with Crippen molar-refractivity contribution in [1.82, 2.24) is 10.2 Å². The predicted octanol–water partition coefficient (Wildman–Crippen LogP) is 4.07. The number of amides is 1. The highest BCUT2D eigenvalue weighted by atomic mass is 35.5. The largest absolute Gasteiger partial charge is 0.481 e. The van der Waals surface area contributed by atoms with Crippen LogP contribution in [0.4, 0.5) is 0 Å². The molecule has 1 heterocycles. The molecule has 0 unspecified atom stereocenters. The van der Waals surface area contributed by atoms with Crippen LogP contribution in [0, 0.1) is 5.92 Å².